The molecule has 0 amide bonds. The van der Waals surface area contributed by atoms with Gasteiger partial charge < -0.3 is 20.4 Å². The fourth-order valence-corrected chi connectivity index (χ4v) is 2.49. The lowest BCUT2D eigenvalue weighted by Crippen LogP contribution is -2.48. The van der Waals surface area contributed by atoms with Crippen LogP contribution in [0.2, 0.25) is 0 Å². The van der Waals surface area contributed by atoms with Crippen molar-refractivity contribution in [2.24, 2.45) is 0 Å². The third-order valence-electron chi connectivity index (χ3n) is 3.66. The van der Waals surface area contributed by atoms with Crippen molar-refractivity contribution in [1.82, 2.24) is 10.9 Å². The first-order valence-corrected chi connectivity index (χ1v) is 8.40. The Morgan fingerprint density at radius 2 is 1.07 bits per heavy atom. The number of aliphatic carboxylic acids is 2. The second-order valence-corrected chi connectivity index (χ2v) is 5.75. The summed E-state index contributed by atoms with van der Waals surface area (Å²) in [5.74, 6) is -2.34. The van der Waals surface area contributed by atoms with Crippen molar-refractivity contribution in [3.8, 4) is 11.5 Å². The molecule has 0 aliphatic rings. The van der Waals surface area contributed by atoms with E-state index >= 15 is 0 Å². The van der Waals surface area contributed by atoms with Crippen LogP contribution in [0.3, 0.4) is 0 Å². The molecule has 0 heterocycles. The Bertz CT molecular complexity index is 749. The minimum Gasteiger partial charge on any atom is -0.506 e. The number of hydrogen-bond acceptors (Lipinski definition) is 8. The molecule has 0 fully saturated rings. The first-order chi connectivity index (χ1) is 13.4. The van der Waals surface area contributed by atoms with Gasteiger partial charge in [-0.1, -0.05) is 24.3 Å². The molecule has 10 heteroatoms. The topological polar surface area (TPSA) is 146 Å². The maximum atomic E-state index is 11.1. The second-order valence-electron chi connectivity index (χ2n) is 5.75. The maximum Gasteiger partial charge on any atom is 0.324 e. The molecule has 2 aromatic rings. The molecule has 0 bridgehead atoms. The molecule has 0 spiro atoms. The zero-order valence-corrected chi connectivity index (χ0v) is 14.9. The summed E-state index contributed by atoms with van der Waals surface area (Å²) >= 11 is 0. The number of carboxylic acid groups (broad SMARTS) is 2. The van der Waals surface area contributed by atoms with E-state index in [-0.39, 0.29) is 24.6 Å². The summed E-state index contributed by atoms with van der Waals surface area (Å²) in [5.41, 5.74) is 6.35. The van der Waals surface area contributed by atoms with Crippen LogP contribution < -0.4 is 20.9 Å². The lowest BCUT2D eigenvalue weighted by molar-refractivity contribution is -0.136. The van der Waals surface area contributed by atoms with E-state index in [1.807, 2.05) is 0 Å². The van der Waals surface area contributed by atoms with Crippen molar-refractivity contribution in [3.05, 3.63) is 48.5 Å². The largest absolute Gasteiger partial charge is 0.506 e. The predicted molar refractivity (Wildman–Crippen MR) is 102 cm³/mol. The lowest BCUT2D eigenvalue weighted by atomic mass is 10.3. The number of carboxylic acids is 2. The molecule has 0 atom stereocenters. The first-order valence-electron chi connectivity index (χ1n) is 8.40. The summed E-state index contributed by atoms with van der Waals surface area (Å²) in [6, 6.07) is 12.6. The van der Waals surface area contributed by atoms with E-state index in [4.69, 9.17) is 10.2 Å². The molecular formula is C18H22N4O6. The van der Waals surface area contributed by atoms with Gasteiger partial charge in [-0.3, -0.25) is 19.6 Å². The van der Waals surface area contributed by atoms with Crippen molar-refractivity contribution >= 4 is 23.3 Å². The van der Waals surface area contributed by atoms with Gasteiger partial charge in [-0.2, -0.15) is 0 Å². The van der Waals surface area contributed by atoms with E-state index in [0.29, 0.717) is 11.4 Å². The molecule has 0 saturated heterocycles. The molecule has 0 radical (unpaired) electrons. The van der Waals surface area contributed by atoms with E-state index in [9.17, 15) is 19.8 Å². The lowest BCUT2D eigenvalue weighted by Gasteiger charge is -2.27. The highest BCUT2D eigenvalue weighted by molar-refractivity contribution is 5.75. The predicted octanol–water partition coefficient (Wildman–Crippen LogP) is 0.589. The van der Waals surface area contributed by atoms with Gasteiger partial charge in [-0.15, -0.1) is 0 Å². The number of benzene rings is 2. The van der Waals surface area contributed by atoms with Crippen molar-refractivity contribution in [2.45, 2.75) is 0 Å². The first kappa shape index (κ1) is 20.8. The summed E-state index contributed by atoms with van der Waals surface area (Å²) in [6.07, 6.45) is 0. The van der Waals surface area contributed by atoms with Crippen LogP contribution in [0.4, 0.5) is 11.4 Å². The highest BCUT2D eigenvalue weighted by atomic mass is 16.4. The Hall–Kier alpha value is -3.50. The number of hydrazine groups is 2. The molecule has 0 aliphatic heterocycles. The maximum absolute atomic E-state index is 11.1. The molecule has 28 heavy (non-hydrogen) atoms. The standard InChI is InChI=1S/C18H22N4O6/c23-15-7-3-1-5-13(15)21(11-17(25)26)19-9-10-20-22(12-18(27)28)14-6-2-4-8-16(14)24/h1-8,19-20,23-24H,9-12H2,(H,25,26)(H,27,28). The minimum atomic E-state index is -1.09. The molecule has 150 valence electrons. The fourth-order valence-electron chi connectivity index (χ4n) is 2.49. The van der Waals surface area contributed by atoms with Gasteiger partial charge in [0.05, 0.1) is 11.4 Å². The monoisotopic (exact) mass is 390 g/mol. The van der Waals surface area contributed by atoms with E-state index in [1.54, 1.807) is 36.4 Å². The van der Waals surface area contributed by atoms with E-state index in [1.165, 1.54) is 22.2 Å². The Labute approximate surface area is 161 Å². The normalized spacial score (nSPS) is 10.4. The van der Waals surface area contributed by atoms with Gasteiger partial charge >= 0.3 is 11.9 Å². The van der Waals surface area contributed by atoms with Gasteiger partial charge in [0.25, 0.3) is 0 Å². The van der Waals surface area contributed by atoms with Crippen LogP contribution >= 0.6 is 0 Å². The van der Waals surface area contributed by atoms with E-state index in [0.717, 1.165) is 0 Å². The Morgan fingerprint density at radius 3 is 1.39 bits per heavy atom. The number of phenols is 2. The third-order valence-corrected chi connectivity index (χ3v) is 3.66. The number of hydrogen-bond donors (Lipinski definition) is 6. The molecule has 10 nitrogen and oxygen atoms in total. The van der Waals surface area contributed by atoms with Crippen molar-refractivity contribution < 1.29 is 30.0 Å². The molecule has 2 rings (SSSR count). The molecule has 0 saturated carbocycles. The Balaban J connectivity index is 2.00. The summed E-state index contributed by atoms with van der Waals surface area (Å²) in [4.78, 5) is 22.2. The number of rotatable bonds is 11. The van der Waals surface area contributed by atoms with Crippen LogP contribution in [0.15, 0.2) is 48.5 Å². The summed E-state index contributed by atoms with van der Waals surface area (Å²) < 4.78 is 0. The molecule has 6 N–H and O–H groups in total. The van der Waals surface area contributed by atoms with Crippen LogP contribution in [0.25, 0.3) is 0 Å². The highest BCUT2D eigenvalue weighted by Crippen LogP contribution is 2.25. The quantitative estimate of drug-likeness (QED) is 0.238. The average Bonchev–Trinajstić information content (AvgIpc) is 2.63. The Kier molecular flexibility index (Phi) is 7.43. The summed E-state index contributed by atoms with van der Waals surface area (Å²) in [7, 11) is 0. The zero-order valence-electron chi connectivity index (χ0n) is 14.9. The molecule has 0 unspecified atom stereocenters. The van der Waals surface area contributed by atoms with Gasteiger partial charge in [0.1, 0.15) is 24.6 Å². The third kappa shape index (κ3) is 6.04. The summed E-state index contributed by atoms with van der Waals surface area (Å²) in [6.45, 7) is -0.359. The Morgan fingerprint density at radius 1 is 0.714 bits per heavy atom. The van der Waals surface area contributed by atoms with Crippen LogP contribution in [-0.2, 0) is 9.59 Å². The second kappa shape index (κ2) is 10.00. The van der Waals surface area contributed by atoms with Crippen LogP contribution in [0.5, 0.6) is 11.5 Å². The van der Waals surface area contributed by atoms with Gasteiger partial charge in [-0.25, -0.2) is 10.9 Å². The number of nitrogens with zero attached hydrogens (tertiary/aromatic N) is 2. The van der Waals surface area contributed by atoms with Crippen LogP contribution in [-0.4, -0.2) is 58.5 Å². The molecule has 0 aliphatic carbocycles. The van der Waals surface area contributed by atoms with Crippen LogP contribution in [0.1, 0.15) is 0 Å². The van der Waals surface area contributed by atoms with Crippen LogP contribution in [0, 0.1) is 0 Å². The fraction of sp³-hybridized carbons (Fsp3) is 0.222. The average molecular weight is 390 g/mol. The van der Waals surface area contributed by atoms with E-state index in [2.05, 4.69) is 10.9 Å². The number of phenolic OH excluding ortho intramolecular Hbond substituents is 2. The molecule has 0 aromatic heterocycles. The highest BCUT2D eigenvalue weighted by Gasteiger charge is 2.16. The van der Waals surface area contributed by atoms with Crippen molar-refractivity contribution in [2.75, 3.05) is 36.2 Å². The van der Waals surface area contributed by atoms with E-state index < -0.39 is 25.0 Å². The number of aromatic hydroxyl groups is 2. The molecule has 2 aromatic carbocycles. The summed E-state index contributed by atoms with van der Waals surface area (Å²) in [5, 5.41) is 40.6. The van der Waals surface area contributed by atoms with Crippen molar-refractivity contribution in [1.29, 1.82) is 0 Å². The molecular weight excluding hydrogens is 368 g/mol. The zero-order chi connectivity index (χ0) is 20.5. The van der Waals surface area contributed by atoms with Gasteiger partial charge in [0, 0.05) is 13.1 Å². The van der Waals surface area contributed by atoms with Gasteiger partial charge in [0.2, 0.25) is 0 Å². The van der Waals surface area contributed by atoms with Crippen molar-refractivity contribution in [3.63, 3.8) is 0 Å². The number of anilines is 2. The smallest absolute Gasteiger partial charge is 0.324 e. The van der Waals surface area contributed by atoms with Gasteiger partial charge in [-0.05, 0) is 24.3 Å². The SMILES string of the molecule is O=C(O)CN(NCCNN(CC(=O)O)c1ccccc1O)c1ccccc1O. The van der Waals surface area contributed by atoms with Gasteiger partial charge in [0.15, 0.2) is 0 Å². The minimum absolute atomic E-state index is 0.0779. The number of carbonyl (C=O) groups is 2. The number of para-hydroxylation sites is 4. The number of nitrogens with one attached hydrogen (secondary N) is 2.